The average Bonchev–Trinajstić information content (AvgIpc) is 2.41. The van der Waals surface area contributed by atoms with Crippen molar-refractivity contribution in [2.75, 3.05) is 24.8 Å². The molecular formula is C15H17FN2O. The van der Waals surface area contributed by atoms with Crippen molar-refractivity contribution in [3.05, 3.63) is 53.8 Å². The van der Waals surface area contributed by atoms with Gasteiger partial charge in [0.1, 0.15) is 11.6 Å². The fraction of sp³-hybridized carbons (Fsp3) is 0.200. The molecule has 0 aliphatic rings. The summed E-state index contributed by atoms with van der Waals surface area (Å²) < 4.78 is 18.3. The van der Waals surface area contributed by atoms with Crippen LogP contribution in [0.3, 0.4) is 0 Å². The van der Waals surface area contributed by atoms with Crippen LogP contribution in [0.25, 0.3) is 0 Å². The molecule has 4 heteroatoms. The molecule has 100 valence electrons. The van der Waals surface area contributed by atoms with Crippen LogP contribution in [0.15, 0.2) is 42.5 Å². The van der Waals surface area contributed by atoms with Crippen molar-refractivity contribution in [1.29, 1.82) is 0 Å². The topological polar surface area (TPSA) is 38.5 Å². The number of benzene rings is 2. The van der Waals surface area contributed by atoms with Crippen LogP contribution in [0.1, 0.15) is 5.56 Å². The van der Waals surface area contributed by atoms with E-state index >= 15 is 0 Å². The molecule has 0 atom stereocenters. The zero-order valence-electron chi connectivity index (χ0n) is 11.1. The first-order chi connectivity index (χ1) is 9.10. The van der Waals surface area contributed by atoms with Gasteiger partial charge in [-0.3, -0.25) is 0 Å². The van der Waals surface area contributed by atoms with Gasteiger partial charge in [0.25, 0.3) is 0 Å². The molecule has 0 amide bonds. The van der Waals surface area contributed by atoms with E-state index in [1.54, 1.807) is 19.2 Å². The van der Waals surface area contributed by atoms with Gasteiger partial charge in [-0.2, -0.15) is 0 Å². The van der Waals surface area contributed by atoms with E-state index in [2.05, 4.69) is 0 Å². The monoisotopic (exact) mass is 260 g/mol. The molecule has 2 aromatic rings. The van der Waals surface area contributed by atoms with Crippen molar-refractivity contribution in [2.24, 2.45) is 0 Å². The number of rotatable bonds is 4. The van der Waals surface area contributed by atoms with Crippen LogP contribution in [0.4, 0.5) is 15.8 Å². The molecule has 0 saturated carbocycles. The second-order valence-electron chi connectivity index (χ2n) is 4.40. The lowest BCUT2D eigenvalue weighted by atomic mass is 10.1. The summed E-state index contributed by atoms with van der Waals surface area (Å²) in [4.78, 5) is 1.95. The molecule has 0 bridgehead atoms. The molecule has 2 N–H and O–H groups in total. The quantitative estimate of drug-likeness (QED) is 0.859. The zero-order chi connectivity index (χ0) is 13.8. The van der Waals surface area contributed by atoms with E-state index in [-0.39, 0.29) is 5.82 Å². The van der Waals surface area contributed by atoms with Crippen LogP contribution < -0.4 is 15.4 Å². The summed E-state index contributed by atoms with van der Waals surface area (Å²) in [5.74, 6) is 0.488. The minimum Gasteiger partial charge on any atom is -0.497 e. The van der Waals surface area contributed by atoms with Gasteiger partial charge in [-0.25, -0.2) is 4.39 Å². The third-order valence-corrected chi connectivity index (χ3v) is 3.01. The third kappa shape index (κ3) is 3.16. The highest BCUT2D eigenvalue weighted by molar-refractivity contribution is 5.54. The Morgan fingerprint density at radius 2 is 2.00 bits per heavy atom. The Morgan fingerprint density at radius 3 is 2.63 bits per heavy atom. The van der Waals surface area contributed by atoms with E-state index in [9.17, 15) is 4.39 Å². The Balaban J connectivity index is 2.17. The maximum Gasteiger partial charge on any atom is 0.125 e. The summed E-state index contributed by atoms with van der Waals surface area (Å²) in [5.41, 5.74) is 8.44. The summed E-state index contributed by atoms with van der Waals surface area (Å²) in [7, 11) is 3.51. The van der Waals surface area contributed by atoms with Crippen molar-refractivity contribution in [3.8, 4) is 5.75 Å². The molecule has 0 radical (unpaired) electrons. The van der Waals surface area contributed by atoms with E-state index in [1.807, 2.05) is 30.1 Å². The number of hydrogen-bond donors (Lipinski definition) is 1. The van der Waals surface area contributed by atoms with Gasteiger partial charge in [0, 0.05) is 31.0 Å². The molecule has 19 heavy (non-hydrogen) atoms. The summed E-state index contributed by atoms with van der Waals surface area (Å²) in [6, 6.07) is 12.1. The van der Waals surface area contributed by atoms with Crippen LogP contribution in [0.5, 0.6) is 5.75 Å². The van der Waals surface area contributed by atoms with E-state index in [4.69, 9.17) is 10.5 Å². The Morgan fingerprint density at radius 1 is 1.21 bits per heavy atom. The van der Waals surface area contributed by atoms with E-state index in [0.717, 1.165) is 17.0 Å². The first-order valence-corrected chi connectivity index (χ1v) is 5.99. The standard InChI is InChI=1S/C15H17FN2O/c1-18(13-5-3-4-12(16)8-13)10-11-6-7-14(19-2)9-15(11)17/h3-9H,10,17H2,1-2H3. The number of nitrogens with zero attached hydrogens (tertiary/aromatic N) is 1. The minimum absolute atomic E-state index is 0.243. The number of hydrogen-bond acceptors (Lipinski definition) is 3. The number of ether oxygens (including phenoxy) is 1. The molecular weight excluding hydrogens is 243 g/mol. The van der Waals surface area contributed by atoms with Crippen molar-refractivity contribution in [3.63, 3.8) is 0 Å². The molecule has 0 unspecified atom stereocenters. The smallest absolute Gasteiger partial charge is 0.125 e. The van der Waals surface area contributed by atoms with Crippen molar-refractivity contribution >= 4 is 11.4 Å². The fourth-order valence-electron chi connectivity index (χ4n) is 1.90. The van der Waals surface area contributed by atoms with E-state index < -0.39 is 0 Å². The van der Waals surface area contributed by atoms with Gasteiger partial charge in [0.05, 0.1) is 7.11 Å². The minimum atomic E-state index is -0.243. The van der Waals surface area contributed by atoms with Gasteiger partial charge >= 0.3 is 0 Å². The largest absolute Gasteiger partial charge is 0.497 e. The lowest BCUT2D eigenvalue weighted by Crippen LogP contribution is -2.17. The van der Waals surface area contributed by atoms with Crippen molar-refractivity contribution < 1.29 is 9.13 Å². The number of nitrogen functional groups attached to an aromatic ring is 1. The summed E-state index contributed by atoms with van der Waals surface area (Å²) in [6.45, 7) is 0.610. The highest BCUT2D eigenvalue weighted by atomic mass is 19.1. The van der Waals surface area contributed by atoms with E-state index in [1.165, 1.54) is 12.1 Å². The fourth-order valence-corrected chi connectivity index (χ4v) is 1.90. The summed E-state index contributed by atoms with van der Waals surface area (Å²) >= 11 is 0. The number of halogens is 1. The first kappa shape index (κ1) is 13.2. The third-order valence-electron chi connectivity index (χ3n) is 3.01. The maximum absolute atomic E-state index is 13.2. The second kappa shape index (κ2) is 5.61. The van der Waals surface area contributed by atoms with Gasteiger partial charge in [0.2, 0.25) is 0 Å². The number of nitrogens with two attached hydrogens (primary N) is 1. The molecule has 0 aliphatic heterocycles. The van der Waals surface area contributed by atoms with Gasteiger partial charge in [-0.05, 0) is 29.8 Å². The molecule has 3 nitrogen and oxygen atoms in total. The van der Waals surface area contributed by atoms with E-state index in [0.29, 0.717) is 12.2 Å². The highest BCUT2D eigenvalue weighted by Crippen LogP contribution is 2.23. The number of anilines is 2. The molecule has 0 aliphatic carbocycles. The van der Waals surface area contributed by atoms with Crippen molar-refractivity contribution in [1.82, 2.24) is 0 Å². The average molecular weight is 260 g/mol. The highest BCUT2D eigenvalue weighted by Gasteiger charge is 2.06. The van der Waals surface area contributed by atoms with Gasteiger partial charge in [-0.1, -0.05) is 12.1 Å². The van der Waals surface area contributed by atoms with Gasteiger partial charge in [-0.15, -0.1) is 0 Å². The van der Waals surface area contributed by atoms with Crippen LogP contribution in [0, 0.1) is 5.82 Å². The van der Waals surface area contributed by atoms with Gasteiger partial charge in [0.15, 0.2) is 0 Å². The summed E-state index contributed by atoms with van der Waals surface area (Å²) in [6.07, 6.45) is 0. The predicted octanol–water partition coefficient (Wildman–Crippen LogP) is 3.05. The lowest BCUT2D eigenvalue weighted by molar-refractivity contribution is 0.415. The van der Waals surface area contributed by atoms with Crippen LogP contribution >= 0.6 is 0 Å². The van der Waals surface area contributed by atoms with Crippen LogP contribution in [-0.4, -0.2) is 14.2 Å². The Hall–Kier alpha value is -2.23. The predicted molar refractivity (Wildman–Crippen MR) is 75.9 cm³/mol. The normalized spacial score (nSPS) is 10.3. The Kier molecular flexibility index (Phi) is 3.90. The molecule has 0 aromatic heterocycles. The lowest BCUT2D eigenvalue weighted by Gasteiger charge is -2.20. The number of methoxy groups -OCH3 is 1. The molecule has 2 rings (SSSR count). The zero-order valence-corrected chi connectivity index (χ0v) is 11.1. The first-order valence-electron chi connectivity index (χ1n) is 5.99. The maximum atomic E-state index is 13.2. The molecule has 0 heterocycles. The SMILES string of the molecule is COc1ccc(CN(C)c2cccc(F)c2)c(N)c1. The molecule has 0 saturated heterocycles. The molecule has 0 spiro atoms. The second-order valence-corrected chi connectivity index (χ2v) is 4.40. The molecule has 2 aromatic carbocycles. The van der Waals surface area contributed by atoms with Gasteiger partial charge < -0.3 is 15.4 Å². The Bertz CT molecular complexity index is 572. The van der Waals surface area contributed by atoms with Crippen LogP contribution in [0.2, 0.25) is 0 Å². The van der Waals surface area contributed by atoms with Crippen molar-refractivity contribution in [2.45, 2.75) is 6.54 Å². The summed E-state index contributed by atoms with van der Waals surface area (Å²) in [5, 5.41) is 0. The molecule has 0 fully saturated rings. The van der Waals surface area contributed by atoms with Crippen LogP contribution in [-0.2, 0) is 6.54 Å². The Labute approximate surface area is 112 Å².